The highest BCUT2D eigenvalue weighted by Gasteiger charge is 2.51. The van der Waals surface area contributed by atoms with E-state index in [1.54, 1.807) is 17.2 Å². The van der Waals surface area contributed by atoms with E-state index in [-0.39, 0.29) is 23.3 Å². The number of nitrogens with zero attached hydrogens (tertiary/aromatic N) is 5. The van der Waals surface area contributed by atoms with Gasteiger partial charge in [-0.1, -0.05) is 0 Å². The van der Waals surface area contributed by atoms with Gasteiger partial charge < -0.3 is 14.8 Å². The second-order valence-electron chi connectivity index (χ2n) is 8.18. The minimum absolute atomic E-state index is 0.156. The van der Waals surface area contributed by atoms with Crippen molar-refractivity contribution < 1.29 is 9.59 Å². The second kappa shape index (κ2) is 6.76. The van der Waals surface area contributed by atoms with Crippen molar-refractivity contribution in [2.24, 2.45) is 5.92 Å². The lowest BCUT2D eigenvalue weighted by molar-refractivity contribution is -0.145. The lowest BCUT2D eigenvalue weighted by atomic mass is 9.78. The maximum atomic E-state index is 13.0. The molecule has 8 nitrogen and oxygen atoms in total. The summed E-state index contributed by atoms with van der Waals surface area (Å²) in [6.45, 7) is 2.68. The zero-order valence-corrected chi connectivity index (χ0v) is 16.0. The smallest absolute Gasteiger partial charge is 0.226 e. The summed E-state index contributed by atoms with van der Waals surface area (Å²) in [5, 5.41) is 4.16. The van der Waals surface area contributed by atoms with Crippen LogP contribution in [0.3, 0.4) is 0 Å². The van der Waals surface area contributed by atoms with E-state index in [4.69, 9.17) is 0 Å². The summed E-state index contributed by atoms with van der Waals surface area (Å²) in [6, 6.07) is 1.87. The number of likely N-dealkylation sites (tertiary alicyclic amines) is 1. The topological polar surface area (TPSA) is 87.1 Å². The molecule has 0 unspecified atom stereocenters. The van der Waals surface area contributed by atoms with Gasteiger partial charge in [-0.25, -0.2) is 4.98 Å². The molecule has 1 saturated heterocycles. The van der Waals surface area contributed by atoms with Crippen molar-refractivity contribution >= 4 is 11.8 Å². The van der Waals surface area contributed by atoms with Crippen LogP contribution in [0, 0.1) is 5.92 Å². The summed E-state index contributed by atoms with van der Waals surface area (Å²) < 4.78 is 1.79. The van der Waals surface area contributed by atoms with E-state index < -0.39 is 0 Å². The Bertz CT molecular complexity index is 861. The third-order valence-corrected chi connectivity index (χ3v) is 6.51. The van der Waals surface area contributed by atoms with Gasteiger partial charge in [0.05, 0.1) is 17.6 Å². The summed E-state index contributed by atoms with van der Waals surface area (Å²) in [4.78, 5) is 37.6. The molecule has 0 radical (unpaired) electrons. The Labute approximate surface area is 163 Å². The number of nitrogens with one attached hydrogen (secondary N) is 1. The van der Waals surface area contributed by atoms with Crippen molar-refractivity contribution in [2.45, 2.75) is 50.6 Å². The number of H-pyrrole nitrogens is 1. The van der Waals surface area contributed by atoms with Gasteiger partial charge in [0.2, 0.25) is 11.8 Å². The number of carbonyl (C=O) groups excluding carboxylic acids is 2. The summed E-state index contributed by atoms with van der Waals surface area (Å²) in [5.74, 6) is 0.640. The van der Waals surface area contributed by atoms with Gasteiger partial charge in [0, 0.05) is 63.0 Å². The molecule has 0 aromatic carbocycles. The maximum absolute atomic E-state index is 13.0. The average Bonchev–Trinajstić information content (AvgIpc) is 3.22. The van der Waals surface area contributed by atoms with Crippen LogP contribution < -0.4 is 0 Å². The molecular weight excluding hydrogens is 356 g/mol. The molecule has 8 heteroatoms. The number of hydrogen-bond acceptors (Lipinski definition) is 4. The fourth-order valence-electron chi connectivity index (χ4n) is 4.78. The highest BCUT2D eigenvalue weighted by molar-refractivity contribution is 5.82. The number of aryl methyl sites for hydroxylation is 1. The molecule has 0 bridgehead atoms. The van der Waals surface area contributed by atoms with Crippen LogP contribution in [0.4, 0.5) is 0 Å². The van der Waals surface area contributed by atoms with E-state index in [1.807, 2.05) is 17.2 Å². The molecule has 1 N–H and O–H groups in total. The van der Waals surface area contributed by atoms with E-state index in [2.05, 4.69) is 20.0 Å². The summed E-state index contributed by atoms with van der Waals surface area (Å²) >= 11 is 0. The van der Waals surface area contributed by atoms with Gasteiger partial charge >= 0.3 is 0 Å². The fraction of sp³-hybridized carbons (Fsp3) is 0.600. The molecule has 1 aliphatic carbocycles. The number of amides is 2. The third kappa shape index (κ3) is 2.91. The minimum Gasteiger partial charge on any atom is -0.348 e. The van der Waals surface area contributed by atoms with E-state index in [0.717, 1.165) is 50.0 Å². The van der Waals surface area contributed by atoms with Crippen molar-refractivity contribution in [2.75, 3.05) is 19.6 Å². The third-order valence-electron chi connectivity index (χ3n) is 6.51. The van der Waals surface area contributed by atoms with E-state index in [9.17, 15) is 9.59 Å². The number of hydrogen-bond donors (Lipinski definition) is 1. The number of imidazole rings is 1. The lowest BCUT2D eigenvalue weighted by Gasteiger charge is -2.50. The average molecular weight is 382 g/mol. The highest BCUT2D eigenvalue weighted by atomic mass is 16.2. The largest absolute Gasteiger partial charge is 0.348 e. The van der Waals surface area contributed by atoms with Crippen molar-refractivity contribution in [1.29, 1.82) is 0 Å². The minimum atomic E-state index is -0.355. The van der Waals surface area contributed by atoms with Gasteiger partial charge in [0.25, 0.3) is 0 Å². The predicted octanol–water partition coefficient (Wildman–Crippen LogP) is 1.31. The van der Waals surface area contributed by atoms with E-state index in [1.165, 1.54) is 0 Å². The molecule has 28 heavy (non-hydrogen) atoms. The Balaban J connectivity index is 1.31. The predicted molar refractivity (Wildman–Crippen MR) is 101 cm³/mol. The van der Waals surface area contributed by atoms with Crippen LogP contribution >= 0.6 is 0 Å². The summed E-state index contributed by atoms with van der Waals surface area (Å²) in [6.07, 6.45) is 10.2. The van der Waals surface area contributed by atoms with Crippen molar-refractivity contribution in [3.05, 3.63) is 36.2 Å². The lowest BCUT2D eigenvalue weighted by Crippen LogP contribution is -2.59. The Morgan fingerprint density at radius 2 is 2.04 bits per heavy atom. The fourth-order valence-corrected chi connectivity index (χ4v) is 4.78. The van der Waals surface area contributed by atoms with Crippen molar-refractivity contribution in [3.8, 4) is 0 Å². The quantitative estimate of drug-likeness (QED) is 0.864. The summed E-state index contributed by atoms with van der Waals surface area (Å²) in [7, 11) is 0. The first kappa shape index (κ1) is 17.5. The zero-order valence-electron chi connectivity index (χ0n) is 16.0. The molecule has 0 atom stereocenters. The summed E-state index contributed by atoms with van der Waals surface area (Å²) in [5.41, 5.74) is 1.82. The standard InChI is InChI=1S/C20H26N6O2/c27-17(5-10-25-9-1-8-23-25)24-12-6-20(7-13-24)18-16(21-14-22-18)4-11-26(20)19(28)15-2-3-15/h1,8-9,14-15H,2-7,10-13H2,(H,21,22). The molecule has 148 valence electrons. The Morgan fingerprint density at radius 1 is 1.21 bits per heavy atom. The highest BCUT2D eigenvalue weighted by Crippen LogP contribution is 2.45. The first-order valence-electron chi connectivity index (χ1n) is 10.3. The molecule has 4 heterocycles. The van der Waals surface area contributed by atoms with Crippen LogP contribution in [0.2, 0.25) is 0 Å². The van der Waals surface area contributed by atoms with Gasteiger partial charge in [0.1, 0.15) is 0 Å². The number of fused-ring (bicyclic) bond motifs is 2. The van der Waals surface area contributed by atoms with Crippen LogP contribution in [0.1, 0.15) is 43.5 Å². The Hall–Kier alpha value is -2.64. The van der Waals surface area contributed by atoms with Gasteiger partial charge in [0.15, 0.2) is 0 Å². The van der Waals surface area contributed by atoms with E-state index in [0.29, 0.717) is 26.1 Å². The molecule has 1 saturated carbocycles. The maximum Gasteiger partial charge on any atom is 0.226 e. The normalized spacial score (nSPS) is 21.0. The molecule has 1 spiro atoms. The van der Waals surface area contributed by atoms with Gasteiger partial charge in [-0.3, -0.25) is 14.3 Å². The van der Waals surface area contributed by atoms with Crippen LogP contribution in [0.25, 0.3) is 0 Å². The molecule has 5 rings (SSSR count). The van der Waals surface area contributed by atoms with Crippen LogP contribution in [-0.2, 0) is 28.1 Å². The first-order valence-corrected chi connectivity index (χ1v) is 10.3. The number of aromatic amines is 1. The SMILES string of the molecule is O=C(CCn1cccn1)N1CCC2(CC1)c1nc[nH]c1CCN2C(=O)C1CC1. The molecule has 2 aromatic heterocycles. The van der Waals surface area contributed by atoms with Gasteiger partial charge in [-0.2, -0.15) is 5.10 Å². The van der Waals surface area contributed by atoms with Crippen molar-refractivity contribution in [1.82, 2.24) is 29.5 Å². The van der Waals surface area contributed by atoms with Crippen molar-refractivity contribution in [3.63, 3.8) is 0 Å². The number of piperidine rings is 1. The number of carbonyl (C=O) groups is 2. The molecule has 2 aliphatic heterocycles. The molecule has 2 aromatic rings. The number of rotatable bonds is 4. The van der Waals surface area contributed by atoms with Gasteiger partial charge in [-0.15, -0.1) is 0 Å². The van der Waals surface area contributed by atoms with Crippen LogP contribution in [-0.4, -0.2) is 61.0 Å². The zero-order chi connectivity index (χ0) is 19.1. The molecule has 2 fully saturated rings. The Morgan fingerprint density at radius 3 is 2.75 bits per heavy atom. The van der Waals surface area contributed by atoms with Crippen LogP contribution in [0.15, 0.2) is 24.8 Å². The van der Waals surface area contributed by atoms with Gasteiger partial charge in [-0.05, 0) is 31.7 Å². The Kier molecular flexibility index (Phi) is 4.21. The molecule has 3 aliphatic rings. The van der Waals surface area contributed by atoms with Crippen LogP contribution in [0.5, 0.6) is 0 Å². The molecular formula is C20H26N6O2. The monoisotopic (exact) mass is 382 g/mol. The van der Waals surface area contributed by atoms with E-state index >= 15 is 0 Å². The number of aromatic nitrogens is 4. The molecule has 2 amide bonds. The second-order valence-corrected chi connectivity index (χ2v) is 8.18. The first-order chi connectivity index (χ1) is 13.7.